The average molecular weight is 491 g/mol. The number of carbonyl (C=O) groups is 3. The number of benzene rings is 3. The molecule has 0 radical (unpaired) electrons. The summed E-state index contributed by atoms with van der Waals surface area (Å²) in [5, 5.41) is 9.15. The number of ether oxygens (including phenoxy) is 2. The second-order valence-electron chi connectivity index (χ2n) is 7.62. The molecule has 0 unspecified atom stereocenters. The molecule has 2 amide bonds. The summed E-state index contributed by atoms with van der Waals surface area (Å²) in [6.07, 6.45) is -5.12. The molecule has 3 aromatic carbocycles. The molecule has 0 aliphatic carbocycles. The minimum Gasteiger partial charge on any atom is -0.493 e. The lowest BCUT2D eigenvalue weighted by molar-refractivity contribution is -0.153. The van der Waals surface area contributed by atoms with Crippen molar-refractivity contribution in [1.82, 2.24) is 0 Å². The van der Waals surface area contributed by atoms with Gasteiger partial charge in [-0.05, 0) is 42.1 Å². The third-order valence-electron chi connectivity index (χ3n) is 5.22. The van der Waals surface area contributed by atoms with Crippen LogP contribution in [0.5, 0.6) is 11.5 Å². The van der Waals surface area contributed by atoms with Gasteiger partial charge in [-0.3, -0.25) is 14.4 Å². The first-order chi connectivity index (χ1) is 16.5. The molecule has 1 heterocycles. The summed E-state index contributed by atoms with van der Waals surface area (Å²) in [6.45, 7) is 0.126. The molecule has 0 bridgehead atoms. The van der Waals surface area contributed by atoms with Crippen LogP contribution in [0.3, 0.4) is 0 Å². The van der Waals surface area contributed by atoms with E-state index in [9.17, 15) is 31.9 Å². The van der Waals surface area contributed by atoms with Gasteiger partial charge in [-0.2, -0.15) is 13.2 Å². The number of alkyl halides is 3. The lowest BCUT2D eigenvalue weighted by atomic mass is 9.98. The van der Waals surface area contributed by atoms with Gasteiger partial charge < -0.3 is 14.6 Å². The van der Waals surface area contributed by atoms with Gasteiger partial charge in [0, 0.05) is 5.39 Å². The van der Waals surface area contributed by atoms with Crippen molar-refractivity contribution < 1.29 is 46.5 Å². The van der Waals surface area contributed by atoms with Gasteiger partial charge in [0.25, 0.3) is 11.8 Å². The van der Waals surface area contributed by atoms with Crippen LogP contribution in [0.2, 0.25) is 0 Å². The number of hydrogen-bond acceptors (Lipinski definition) is 5. The maximum atomic E-state index is 14.9. The molecule has 7 nitrogen and oxygen atoms in total. The van der Waals surface area contributed by atoms with E-state index in [1.54, 1.807) is 6.92 Å². The van der Waals surface area contributed by atoms with E-state index in [4.69, 9.17) is 14.6 Å². The molecule has 182 valence electrons. The van der Waals surface area contributed by atoms with E-state index >= 15 is 0 Å². The number of halogens is 4. The van der Waals surface area contributed by atoms with Crippen LogP contribution in [0.4, 0.5) is 23.2 Å². The Morgan fingerprint density at radius 1 is 1.00 bits per heavy atom. The van der Waals surface area contributed by atoms with Gasteiger partial charge in [0.05, 0.1) is 29.8 Å². The number of carboxylic acids is 1. The van der Waals surface area contributed by atoms with Gasteiger partial charge in [0.15, 0.2) is 6.61 Å². The summed E-state index contributed by atoms with van der Waals surface area (Å²) in [7, 11) is 0. The average Bonchev–Trinajstić information content (AvgIpc) is 3.02. The number of fused-ring (bicyclic) bond motifs is 3. The number of amides is 2. The van der Waals surface area contributed by atoms with E-state index in [1.807, 2.05) is 0 Å². The molecule has 3 aromatic rings. The van der Waals surface area contributed by atoms with E-state index in [-0.39, 0.29) is 45.6 Å². The molecule has 1 N–H and O–H groups in total. The first-order valence-corrected chi connectivity index (χ1v) is 10.3. The second-order valence-corrected chi connectivity index (χ2v) is 7.62. The normalized spacial score (nSPS) is 13.3. The number of nitrogens with zero attached hydrogens (tertiary/aromatic N) is 1. The topological polar surface area (TPSA) is 93.1 Å². The van der Waals surface area contributed by atoms with Gasteiger partial charge >= 0.3 is 12.1 Å². The van der Waals surface area contributed by atoms with Crippen molar-refractivity contribution in [2.24, 2.45) is 0 Å². The van der Waals surface area contributed by atoms with Gasteiger partial charge in [0.1, 0.15) is 17.3 Å². The SMILES string of the molecule is CCOc1cc2cccc(OCC(F)(F)F)c2c2c1C(=O)N(c1ccc(CC(=O)O)cc1F)C2=O. The van der Waals surface area contributed by atoms with Crippen molar-refractivity contribution in [3.8, 4) is 11.5 Å². The lowest BCUT2D eigenvalue weighted by Crippen LogP contribution is -2.30. The fraction of sp³-hybridized carbons (Fsp3) is 0.208. The number of aliphatic carboxylic acids is 1. The van der Waals surface area contributed by atoms with Gasteiger partial charge in [-0.25, -0.2) is 9.29 Å². The predicted octanol–water partition coefficient (Wildman–Crippen LogP) is 4.75. The molecule has 35 heavy (non-hydrogen) atoms. The van der Waals surface area contributed by atoms with Crippen molar-refractivity contribution in [2.75, 3.05) is 18.1 Å². The van der Waals surface area contributed by atoms with Crippen LogP contribution in [0.1, 0.15) is 33.2 Å². The van der Waals surface area contributed by atoms with E-state index in [0.29, 0.717) is 4.90 Å². The van der Waals surface area contributed by atoms with Crippen LogP contribution in [0.25, 0.3) is 10.8 Å². The Morgan fingerprint density at radius 2 is 1.71 bits per heavy atom. The fourth-order valence-corrected chi connectivity index (χ4v) is 3.92. The number of carbonyl (C=O) groups excluding carboxylic acids is 2. The molecule has 0 atom stereocenters. The summed E-state index contributed by atoms with van der Waals surface area (Å²) in [5.74, 6) is -4.41. The molecule has 11 heteroatoms. The Balaban J connectivity index is 1.89. The molecule has 4 rings (SSSR count). The fourth-order valence-electron chi connectivity index (χ4n) is 3.92. The zero-order chi connectivity index (χ0) is 25.5. The minimum absolute atomic E-state index is 0.00623. The van der Waals surface area contributed by atoms with Gasteiger partial charge in [-0.15, -0.1) is 0 Å². The summed E-state index contributed by atoms with van der Waals surface area (Å²) in [6, 6.07) is 8.83. The first-order valence-electron chi connectivity index (χ1n) is 10.3. The molecule has 0 fully saturated rings. The molecule has 0 saturated carbocycles. The number of rotatable bonds is 7. The maximum absolute atomic E-state index is 14.9. The van der Waals surface area contributed by atoms with Crippen LogP contribution in [-0.2, 0) is 11.2 Å². The van der Waals surface area contributed by atoms with Crippen LogP contribution in [0, 0.1) is 5.82 Å². The monoisotopic (exact) mass is 491 g/mol. The van der Waals surface area contributed by atoms with E-state index < -0.39 is 48.5 Å². The standard InChI is InChI=1S/C24H17F4NO6/c1-2-34-17-10-13-4-3-5-16(35-11-24(26,27)28)19(13)21-20(17)22(32)29(23(21)33)15-7-6-12(8-14(15)25)9-18(30)31/h3-8,10H,2,9,11H2,1H3,(H,30,31). The minimum atomic E-state index is -4.65. The number of carboxylic acid groups (broad SMARTS) is 1. The van der Waals surface area contributed by atoms with E-state index in [1.165, 1.54) is 30.3 Å². The highest BCUT2D eigenvalue weighted by Gasteiger charge is 2.43. The molecule has 0 saturated heterocycles. The number of imide groups is 1. The summed E-state index contributed by atoms with van der Waals surface area (Å²) < 4.78 is 63.8. The Labute approximate surface area is 195 Å². The van der Waals surface area contributed by atoms with E-state index in [0.717, 1.165) is 12.1 Å². The van der Waals surface area contributed by atoms with Crippen molar-refractivity contribution in [1.29, 1.82) is 0 Å². The van der Waals surface area contributed by atoms with Crippen LogP contribution >= 0.6 is 0 Å². The van der Waals surface area contributed by atoms with Gasteiger partial charge in [-0.1, -0.05) is 18.2 Å². The van der Waals surface area contributed by atoms with Crippen molar-refractivity contribution >= 4 is 34.2 Å². The maximum Gasteiger partial charge on any atom is 0.422 e. The lowest BCUT2D eigenvalue weighted by Gasteiger charge is -2.16. The molecule has 1 aliphatic heterocycles. The molecule has 0 spiro atoms. The third-order valence-corrected chi connectivity index (χ3v) is 5.22. The van der Waals surface area contributed by atoms with E-state index in [2.05, 4.69) is 0 Å². The summed E-state index contributed by atoms with van der Waals surface area (Å²) in [4.78, 5) is 38.2. The van der Waals surface area contributed by atoms with Gasteiger partial charge in [0.2, 0.25) is 0 Å². The van der Waals surface area contributed by atoms with Crippen LogP contribution in [0.15, 0.2) is 42.5 Å². The zero-order valence-electron chi connectivity index (χ0n) is 18.1. The highest BCUT2D eigenvalue weighted by Crippen LogP contribution is 2.43. The summed E-state index contributed by atoms with van der Waals surface area (Å²) >= 11 is 0. The third kappa shape index (κ3) is 4.48. The quantitative estimate of drug-likeness (QED) is 0.379. The Morgan fingerprint density at radius 3 is 2.34 bits per heavy atom. The highest BCUT2D eigenvalue weighted by atomic mass is 19.4. The predicted molar refractivity (Wildman–Crippen MR) is 116 cm³/mol. The largest absolute Gasteiger partial charge is 0.493 e. The highest BCUT2D eigenvalue weighted by molar-refractivity contribution is 6.39. The molecular weight excluding hydrogens is 474 g/mol. The van der Waals surface area contributed by atoms with Crippen LogP contribution in [-0.4, -0.2) is 42.3 Å². The second kappa shape index (κ2) is 8.90. The Hall–Kier alpha value is -4.15. The zero-order valence-corrected chi connectivity index (χ0v) is 18.1. The van der Waals surface area contributed by atoms with Crippen molar-refractivity contribution in [2.45, 2.75) is 19.5 Å². The van der Waals surface area contributed by atoms with Crippen molar-refractivity contribution in [3.63, 3.8) is 0 Å². The smallest absolute Gasteiger partial charge is 0.422 e. The summed E-state index contributed by atoms with van der Waals surface area (Å²) in [5.41, 5.74) is -0.836. The molecule has 0 aromatic heterocycles. The van der Waals surface area contributed by atoms with Crippen LogP contribution < -0.4 is 14.4 Å². The molecule has 1 aliphatic rings. The molecular formula is C24H17F4NO6. The number of anilines is 1. The van der Waals surface area contributed by atoms with Crippen molar-refractivity contribution in [3.05, 3.63) is 65.0 Å². The number of hydrogen-bond donors (Lipinski definition) is 1. The Bertz CT molecular complexity index is 1370. The first kappa shape index (κ1) is 24.0. The Kier molecular flexibility index (Phi) is 6.10.